The monoisotopic (exact) mass is 748 g/mol. The van der Waals surface area contributed by atoms with Crippen molar-refractivity contribution in [3.8, 4) is 23.0 Å². The fourth-order valence-corrected chi connectivity index (χ4v) is 4.88. The van der Waals surface area contributed by atoms with Crippen LogP contribution < -0.4 is 9.47 Å². The summed E-state index contributed by atoms with van der Waals surface area (Å²) in [4.78, 5) is 47.8. The molecule has 55 heavy (non-hydrogen) atoms. The molecule has 10 heteroatoms. The SMILES string of the molecule is C.COc1cc(C=CC(=O)CC(=O)C=Cc2ccc(C)c(CO)c2)ccc1C.COc1cc(C=CC(=O)CC(=O)C=Cc2ccc(O)c(CO)c2)ccc1O. The van der Waals surface area contributed by atoms with E-state index in [2.05, 4.69) is 0 Å². The van der Waals surface area contributed by atoms with E-state index in [1.807, 2.05) is 50.2 Å². The normalized spacial score (nSPS) is 11.0. The third kappa shape index (κ3) is 14.9. The van der Waals surface area contributed by atoms with Crippen LogP contribution in [0, 0.1) is 13.8 Å². The molecule has 0 saturated heterocycles. The maximum absolute atomic E-state index is 12.0. The van der Waals surface area contributed by atoms with Gasteiger partial charge in [-0.2, -0.15) is 0 Å². The first-order valence-electron chi connectivity index (χ1n) is 16.8. The van der Waals surface area contributed by atoms with Crippen LogP contribution in [0.15, 0.2) is 97.1 Å². The molecule has 0 radical (unpaired) electrons. The van der Waals surface area contributed by atoms with Gasteiger partial charge in [-0.1, -0.05) is 68.1 Å². The van der Waals surface area contributed by atoms with Crippen LogP contribution in [0.3, 0.4) is 0 Å². The van der Waals surface area contributed by atoms with Gasteiger partial charge in [-0.3, -0.25) is 19.2 Å². The number of hydrogen-bond acceptors (Lipinski definition) is 10. The molecule has 0 aromatic heterocycles. The Morgan fingerprint density at radius 2 is 0.873 bits per heavy atom. The van der Waals surface area contributed by atoms with E-state index in [0.717, 1.165) is 33.6 Å². The molecule has 288 valence electrons. The molecule has 0 unspecified atom stereocenters. The van der Waals surface area contributed by atoms with Gasteiger partial charge >= 0.3 is 0 Å². The standard InChI is InChI=1S/C23H24O4.C21H20O6.CH4/c1-16-4-6-18(12-20(16)15-24)8-10-21(25)14-22(26)11-9-19-7-5-17(2)23(13-19)27-3;1-27-21-11-15(5-9-20(21)26)3-7-18(24)12-17(23)6-2-14-4-8-19(25)16(10-14)13-22;/h4-13,24H,14-15H2,1-3H3;2-11,22,25-26H,12-13H2,1H3;1H4. The fourth-order valence-electron chi connectivity index (χ4n) is 4.88. The summed E-state index contributed by atoms with van der Waals surface area (Å²) in [6.07, 6.45) is 11.3. The number of aryl methyl sites for hydroxylation is 2. The summed E-state index contributed by atoms with van der Waals surface area (Å²) in [5.41, 5.74) is 6.12. The van der Waals surface area contributed by atoms with Gasteiger partial charge in [0.1, 0.15) is 11.5 Å². The average Bonchev–Trinajstić information content (AvgIpc) is 3.16. The molecule has 4 N–H and O–H groups in total. The van der Waals surface area contributed by atoms with Gasteiger partial charge in [0.2, 0.25) is 0 Å². The smallest absolute Gasteiger partial charge is 0.163 e. The van der Waals surface area contributed by atoms with Crippen LogP contribution in [0.1, 0.15) is 64.8 Å². The van der Waals surface area contributed by atoms with E-state index in [-0.39, 0.29) is 68.1 Å². The second kappa shape index (κ2) is 22.7. The second-order valence-electron chi connectivity index (χ2n) is 12.1. The zero-order chi connectivity index (χ0) is 39.6. The Kier molecular flexibility index (Phi) is 18.4. The third-order valence-corrected chi connectivity index (χ3v) is 8.00. The first-order chi connectivity index (χ1) is 25.8. The zero-order valence-corrected chi connectivity index (χ0v) is 30.6. The Morgan fingerprint density at radius 3 is 1.31 bits per heavy atom. The molecule has 0 spiro atoms. The van der Waals surface area contributed by atoms with Crippen molar-refractivity contribution in [2.45, 2.75) is 47.3 Å². The molecule has 4 rings (SSSR count). The summed E-state index contributed by atoms with van der Waals surface area (Å²) in [6.45, 7) is 3.50. The summed E-state index contributed by atoms with van der Waals surface area (Å²) in [5, 5.41) is 37.4. The van der Waals surface area contributed by atoms with Gasteiger partial charge in [-0.05, 0) is 113 Å². The molecule has 0 aliphatic carbocycles. The number of aromatic hydroxyl groups is 2. The minimum Gasteiger partial charge on any atom is -0.508 e. The van der Waals surface area contributed by atoms with Crippen LogP contribution in [0.25, 0.3) is 24.3 Å². The van der Waals surface area contributed by atoms with Crippen LogP contribution in [0.4, 0.5) is 0 Å². The Labute approximate surface area is 322 Å². The summed E-state index contributed by atoms with van der Waals surface area (Å²) in [5.74, 6) is -0.234. The number of ether oxygens (including phenoxy) is 2. The molecule has 0 fully saturated rings. The summed E-state index contributed by atoms with van der Waals surface area (Å²) in [6, 6.07) is 20.4. The first kappa shape index (κ1) is 44.8. The maximum atomic E-state index is 12.0. The Hall–Kier alpha value is -6.36. The Bertz CT molecular complexity index is 1790. The summed E-state index contributed by atoms with van der Waals surface area (Å²) < 4.78 is 10.2. The number of aliphatic hydroxyl groups is 2. The topological polar surface area (TPSA) is 168 Å². The van der Waals surface area contributed by atoms with E-state index in [1.165, 1.54) is 55.7 Å². The number of ketones is 4. The molecule has 0 heterocycles. The van der Waals surface area contributed by atoms with Crippen molar-refractivity contribution in [3.63, 3.8) is 0 Å². The molecule has 0 bridgehead atoms. The summed E-state index contributed by atoms with van der Waals surface area (Å²) in [7, 11) is 3.03. The van der Waals surface area contributed by atoms with E-state index >= 15 is 0 Å². The van der Waals surface area contributed by atoms with Gasteiger partial charge < -0.3 is 29.9 Å². The number of carbonyl (C=O) groups is 4. The lowest BCUT2D eigenvalue weighted by molar-refractivity contribution is -0.123. The number of carbonyl (C=O) groups excluding carboxylic acids is 4. The van der Waals surface area contributed by atoms with Gasteiger partial charge in [0.05, 0.1) is 40.3 Å². The predicted octanol–water partition coefficient (Wildman–Crippen LogP) is 7.55. The molecular weight excluding hydrogens is 700 g/mol. The number of allylic oxidation sites excluding steroid dienone is 4. The average molecular weight is 749 g/mol. The van der Waals surface area contributed by atoms with Crippen LogP contribution in [0.5, 0.6) is 23.0 Å². The third-order valence-electron chi connectivity index (χ3n) is 8.00. The highest BCUT2D eigenvalue weighted by molar-refractivity contribution is 6.11. The van der Waals surface area contributed by atoms with Crippen molar-refractivity contribution in [2.75, 3.05) is 14.2 Å². The maximum Gasteiger partial charge on any atom is 0.163 e. The molecule has 0 saturated carbocycles. The van der Waals surface area contributed by atoms with Gasteiger partial charge in [0.25, 0.3) is 0 Å². The number of phenols is 2. The van der Waals surface area contributed by atoms with Gasteiger partial charge in [-0.25, -0.2) is 0 Å². The molecule has 0 amide bonds. The molecule has 0 aliphatic rings. The Morgan fingerprint density at radius 1 is 0.509 bits per heavy atom. The highest BCUT2D eigenvalue weighted by atomic mass is 16.5. The minimum atomic E-state index is -0.369. The highest BCUT2D eigenvalue weighted by Gasteiger charge is 2.07. The van der Waals surface area contributed by atoms with E-state index in [1.54, 1.807) is 43.5 Å². The number of methoxy groups -OCH3 is 2. The lowest BCUT2D eigenvalue weighted by Crippen LogP contribution is -2.02. The van der Waals surface area contributed by atoms with Crippen LogP contribution in [-0.4, -0.2) is 57.8 Å². The van der Waals surface area contributed by atoms with Gasteiger partial charge in [-0.15, -0.1) is 0 Å². The van der Waals surface area contributed by atoms with Crippen molar-refractivity contribution >= 4 is 47.4 Å². The van der Waals surface area contributed by atoms with E-state index in [0.29, 0.717) is 22.4 Å². The lowest BCUT2D eigenvalue weighted by atomic mass is 10.0. The van der Waals surface area contributed by atoms with Crippen molar-refractivity contribution in [2.24, 2.45) is 0 Å². The summed E-state index contributed by atoms with van der Waals surface area (Å²) >= 11 is 0. The van der Waals surface area contributed by atoms with E-state index < -0.39 is 0 Å². The second-order valence-corrected chi connectivity index (χ2v) is 12.1. The lowest BCUT2D eigenvalue weighted by Gasteiger charge is -2.04. The largest absolute Gasteiger partial charge is 0.508 e. The Balaban J connectivity index is 0.000000373. The quantitative estimate of drug-likeness (QED) is 0.0664. The van der Waals surface area contributed by atoms with Gasteiger partial charge in [0.15, 0.2) is 34.6 Å². The highest BCUT2D eigenvalue weighted by Crippen LogP contribution is 2.27. The number of rotatable bonds is 16. The molecule has 0 atom stereocenters. The number of phenolic OH excluding ortho intramolecular Hbond substituents is 1. The van der Waals surface area contributed by atoms with E-state index in [9.17, 15) is 34.5 Å². The molecule has 4 aromatic carbocycles. The van der Waals surface area contributed by atoms with Crippen molar-refractivity contribution in [1.29, 1.82) is 0 Å². The number of aliphatic hydroxyl groups excluding tert-OH is 2. The van der Waals surface area contributed by atoms with Crippen molar-refractivity contribution in [1.82, 2.24) is 0 Å². The molecule has 0 aliphatic heterocycles. The van der Waals surface area contributed by atoms with Crippen LogP contribution in [-0.2, 0) is 32.4 Å². The number of hydrogen-bond donors (Lipinski definition) is 4. The van der Waals surface area contributed by atoms with Crippen LogP contribution in [0.2, 0.25) is 0 Å². The first-order valence-corrected chi connectivity index (χ1v) is 16.8. The zero-order valence-electron chi connectivity index (χ0n) is 30.6. The van der Waals surface area contributed by atoms with Crippen molar-refractivity contribution in [3.05, 3.63) is 142 Å². The predicted molar refractivity (Wildman–Crippen MR) is 216 cm³/mol. The fraction of sp³-hybridized carbons (Fsp3) is 0.200. The van der Waals surface area contributed by atoms with E-state index in [4.69, 9.17) is 14.6 Å². The minimum absolute atomic E-state index is 0. The molecule has 10 nitrogen and oxygen atoms in total. The van der Waals surface area contributed by atoms with Gasteiger partial charge in [0, 0.05) is 5.56 Å². The molecular formula is C45H48O10. The van der Waals surface area contributed by atoms with Crippen LogP contribution >= 0.6 is 0 Å². The number of benzene rings is 4. The van der Waals surface area contributed by atoms with Crippen molar-refractivity contribution < 1.29 is 49.1 Å². The molecule has 4 aromatic rings.